The van der Waals surface area contributed by atoms with Crippen molar-refractivity contribution in [2.24, 2.45) is 5.73 Å². The standard InChI is InChI=1S/C12H19N3O4/c1-12(2,3)19-11(18)15-6-9(14-7-15)8(5-13)4-10(16)17/h6-8H,4-5,13H2,1-3H3,(H,16,17). The zero-order valence-corrected chi connectivity index (χ0v) is 11.3. The number of carboxylic acids is 1. The normalized spacial score (nSPS) is 13.1. The molecular formula is C12H19N3O4. The van der Waals surface area contributed by atoms with Crippen LogP contribution < -0.4 is 5.73 Å². The monoisotopic (exact) mass is 269 g/mol. The van der Waals surface area contributed by atoms with Crippen LogP contribution in [0.5, 0.6) is 0 Å². The van der Waals surface area contributed by atoms with Gasteiger partial charge in [-0.05, 0) is 20.8 Å². The third-order valence-electron chi connectivity index (χ3n) is 2.33. The summed E-state index contributed by atoms with van der Waals surface area (Å²) in [5, 5.41) is 8.76. The first-order chi connectivity index (χ1) is 8.73. The highest BCUT2D eigenvalue weighted by Crippen LogP contribution is 2.17. The highest BCUT2D eigenvalue weighted by Gasteiger charge is 2.21. The molecule has 0 aliphatic heterocycles. The minimum atomic E-state index is -0.956. The minimum Gasteiger partial charge on any atom is -0.481 e. The number of carbonyl (C=O) groups is 2. The van der Waals surface area contributed by atoms with Crippen LogP contribution in [0.25, 0.3) is 0 Å². The van der Waals surface area contributed by atoms with Crippen molar-refractivity contribution in [1.82, 2.24) is 9.55 Å². The number of nitrogens with two attached hydrogens (primary N) is 1. The molecule has 1 aromatic rings. The second-order valence-corrected chi connectivity index (χ2v) is 5.22. The van der Waals surface area contributed by atoms with Crippen LogP contribution in [0.1, 0.15) is 38.8 Å². The Bertz CT molecular complexity index is 462. The van der Waals surface area contributed by atoms with Gasteiger partial charge in [0, 0.05) is 18.7 Å². The van der Waals surface area contributed by atoms with Gasteiger partial charge in [0.1, 0.15) is 11.9 Å². The van der Waals surface area contributed by atoms with Crippen molar-refractivity contribution in [3.05, 3.63) is 18.2 Å². The van der Waals surface area contributed by atoms with E-state index in [1.54, 1.807) is 20.8 Å². The van der Waals surface area contributed by atoms with E-state index in [2.05, 4.69) is 4.98 Å². The van der Waals surface area contributed by atoms with Crippen LogP contribution in [-0.2, 0) is 9.53 Å². The molecule has 0 saturated carbocycles. The molecule has 19 heavy (non-hydrogen) atoms. The van der Waals surface area contributed by atoms with E-state index in [0.29, 0.717) is 5.69 Å². The van der Waals surface area contributed by atoms with E-state index >= 15 is 0 Å². The third kappa shape index (κ3) is 4.70. The predicted octanol–water partition coefficient (Wildman–Crippen LogP) is 1.18. The fraction of sp³-hybridized carbons (Fsp3) is 0.583. The van der Waals surface area contributed by atoms with Gasteiger partial charge >= 0.3 is 12.1 Å². The quantitative estimate of drug-likeness (QED) is 0.849. The van der Waals surface area contributed by atoms with E-state index < -0.39 is 23.6 Å². The van der Waals surface area contributed by atoms with Gasteiger partial charge in [0.05, 0.1) is 12.1 Å². The zero-order chi connectivity index (χ0) is 14.6. The van der Waals surface area contributed by atoms with E-state index in [1.165, 1.54) is 17.1 Å². The van der Waals surface area contributed by atoms with Gasteiger partial charge in [0.15, 0.2) is 0 Å². The second-order valence-electron chi connectivity index (χ2n) is 5.22. The molecule has 1 heterocycles. The lowest BCUT2D eigenvalue weighted by molar-refractivity contribution is -0.137. The second kappa shape index (κ2) is 5.83. The minimum absolute atomic E-state index is 0.123. The number of hydrogen-bond acceptors (Lipinski definition) is 5. The highest BCUT2D eigenvalue weighted by molar-refractivity contribution is 5.71. The van der Waals surface area contributed by atoms with Crippen LogP contribution in [-0.4, -0.2) is 38.9 Å². The molecule has 1 unspecified atom stereocenters. The molecule has 1 aromatic heterocycles. The van der Waals surface area contributed by atoms with Crippen LogP contribution in [0.3, 0.4) is 0 Å². The summed E-state index contributed by atoms with van der Waals surface area (Å²) in [4.78, 5) is 26.5. The zero-order valence-electron chi connectivity index (χ0n) is 11.3. The number of imidazole rings is 1. The number of carbonyl (C=O) groups excluding carboxylic acids is 1. The molecule has 1 rings (SSSR count). The topological polar surface area (TPSA) is 107 Å². The average molecular weight is 269 g/mol. The molecule has 0 aromatic carbocycles. The van der Waals surface area contributed by atoms with Gasteiger partial charge in [-0.2, -0.15) is 0 Å². The Morgan fingerprint density at radius 1 is 1.53 bits per heavy atom. The maximum atomic E-state index is 11.8. The maximum Gasteiger partial charge on any atom is 0.419 e. The summed E-state index contributed by atoms with van der Waals surface area (Å²) >= 11 is 0. The Kier molecular flexibility index (Phi) is 4.66. The fourth-order valence-electron chi connectivity index (χ4n) is 1.48. The van der Waals surface area contributed by atoms with Gasteiger partial charge in [-0.3, -0.25) is 4.79 Å². The van der Waals surface area contributed by atoms with Crippen LogP contribution in [0.4, 0.5) is 4.79 Å². The Balaban J connectivity index is 2.81. The lowest BCUT2D eigenvalue weighted by atomic mass is 10.0. The molecule has 0 fully saturated rings. The van der Waals surface area contributed by atoms with Gasteiger partial charge in [-0.25, -0.2) is 14.3 Å². The van der Waals surface area contributed by atoms with Crippen molar-refractivity contribution in [2.45, 2.75) is 38.7 Å². The van der Waals surface area contributed by atoms with Crippen LogP contribution in [0.2, 0.25) is 0 Å². The molecule has 7 heteroatoms. The molecule has 0 spiro atoms. The number of nitrogens with zero attached hydrogens (tertiary/aromatic N) is 2. The first kappa shape index (κ1) is 15.2. The third-order valence-corrected chi connectivity index (χ3v) is 2.33. The fourth-order valence-corrected chi connectivity index (χ4v) is 1.48. The Labute approximate surface area is 111 Å². The van der Waals surface area contributed by atoms with E-state index in [0.717, 1.165) is 0 Å². The molecule has 0 radical (unpaired) electrons. The number of aromatic nitrogens is 2. The molecule has 106 valence electrons. The summed E-state index contributed by atoms with van der Waals surface area (Å²) in [5.41, 5.74) is 5.38. The molecule has 0 saturated heterocycles. The van der Waals surface area contributed by atoms with Gasteiger partial charge in [0.25, 0.3) is 0 Å². The van der Waals surface area contributed by atoms with Gasteiger partial charge in [-0.1, -0.05) is 0 Å². The van der Waals surface area contributed by atoms with Crippen LogP contribution in [0, 0.1) is 0 Å². The first-order valence-electron chi connectivity index (χ1n) is 5.92. The van der Waals surface area contributed by atoms with Crippen LogP contribution >= 0.6 is 0 Å². The largest absolute Gasteiger partial charge is 0.481 e. The molecule has 0 aliphatic rings. The Morgan fingerprint density at radius 2 is 2.16 bits per heavy atom. The molecule has 3 N–H and O–H groups in total. The summed E-state index contributed by atoms with van der Waals surface area (Å²) in [6, 6.07) is 0. The summed E-state index contributed by atoms with van der Waals surface area (Å²) in [6.07, 6.45) is 2.07. The van der Waals surface area contributed by atoms with Gasteiger partial charge < -0.3 is 15.6 Å². The van der Waals surface area contributed by atoms with Crippen molar-refractivity contribution in [2.75, 3.05) is 6.54 Å². The van der Waals surface area contributed by atoms with Crippen LogP contribution in [0.15, 0.2) is 12.5 Å². The summed E-state index contributed by atoms with van der Waals surface area (Å²) in [6.45, 7) is 5.43. The highest BCUT2D eigenvalue weighted by atomic mass is 16.6. The maximum absolute atomic E-state index is 11.8. The molecule has 0 bridgehead atoms. The van der Waals surface area contributed by atoms with Gasteiger partial charge in [-0.15, -0.1) is 0 Å². The Morgan fingerprint density at radius 3 is 2.63 bits per heavy atom. The van der Waals surface area contributed by atoms with Crippen molar-refractivity contribution < 1.29 is 19.4 Å². The lowest BCUT2D eigenvalue weighted by Gasteiger charge is -2.19. The SMILES string of the molecule is CC(C)(C)OC(=O)n1cnc(C(CN)CC(=O)O)c1. The van der Waals surface area contributed by atoms with Crippen molar-refractivity contribution in [3.8, 4) is 0 Å². The Hall–Kier alpha value is -1.89. The number of ether oxygens (including phenoxy) is 1. The van der Waals surface area contributed by atoms with E-state index in [1.807, 2.05) is 0 Å². The number of hydrogen-bond donors (Lipinski definition) is 2. The molecule has 0 aliphatic carbocycles. The van der Waals surface area contributed by atoms with Crippen molar-refractivity contribution >= 4 is 12.1 Å². The molecule has 0 amide bonds. The number of carboxylic acid groups (broad SMARTS) is 1. The predicted molar refractivity (Wildman–Crippen MR) is 67.9 cm³/mol. The van der Waals surface area contributed by atoms with Crippen molar-refractivity contribution in [1.29, 1.82) is 0 Å². The molecule has 1 atom stereocenters. The van der Waals surface area contributed by atoms with E-state index in [9.17, 15) is 9.59 Å². The number of aliphatic carboxylic acids is 1. The smallest absolute Gasteiger partial charge is 0.419 e. The summed E-state index contributed by atoms with van der Waals surface area (Å²) in [5.74, 6) is -1.37. The summed E-state index contributed by atoms with van der Waals surface area (Å²) < 4.78 is 6.35. The average Bonchev–Trinajstić information content (AvgIpc) is 2.72. The molecule has 7 nitrogen and oxygen atoms in total. The van der Waals surface area contributed by atoms with E-state index in [4.69, 9.17) is 15.6 Å². The number of rotatable bonds is 4. The summed E-state index contributed by atoms with van der Waals surface area (Å²) in [7, 11) is 0. The lowest BCUT2D eigenvalue weighted by Crippen LogP contribution is -2.26. The molecular weight excluding hydrogens is 250 g/mol. The van der Waals surface area contributed by atoms with E-state index in [-0.39, 0.29) is 13.0 Å². The first-order valence-corrected chi connectivity index (χ1v) is 5.92. The van der Waals surface area contributed by atoms with Crippen molar-refractivity contribution in [3.63, 3.8) is 0 Å². The van der Waals surface area contributed by atoms with Gasteiger partial charge in [0.2, 0.25) is 0 Å².